The van der Waals surface area contributed by atoms with Crippen LogP contribution in [-0.4, -0.2) is 22.1 Å². The molecule has 3 aromatic rings. The average molecular weight is 322 g/mol. The minimum absolute atomic E-state index is 0.138. The number of aromatic nitrogens is 2. The first-order valence-electron chi connectivity index (χ1n) is 7.72. The van der Waals surface area contributed by atoms with Crippen LogP contribution >= 0.6 is 0 Å². The van der Waals surface area contributed by atoms with Gasteiger partial charge in [-0.05, 0) is 24.6 Å². The van der Waals surface area contributed by atoms with Crippen LogP contribution in [-0.2, 0) is 11.3 Å². The minimum atomic E-state index is -0.387. The van der Waals surface area contributed by atoms with Crippen LogP contribution in [0.4, 0.5) is 0 Å². The van der Waals surface area contributed by atoms with Crippen molar-refractivity contribution in [2.24, 2.45) is 0 Å². The van der Waals surface area contributed by atoms with Crippen molar-refractivity contribution in [3.8, 4) is 11.3 Å². The second-order valence-corrected chi connectivity index (χ2v) is 5.53. The molecule has 2 aromatic carbocycles. The smallest absolute Gasteiger partial charge is 0.338 e. The molecule has 1 aromatic heterocycles. The Labute approximate surface area is 139 Å². The molecule has 0 saturated heterocycles. The highest BCUT2D eigenvalue weighted by Crippen LogP contribution is 2.14. The van der Waals surface area contributed by atoms with Crippen molar-refractivity contribution in [3.05, 3.63) is 82.4 Å². The number of carbonyl (C=O) groups is 1. The molecule has 0 atom stereocenters. The van der Waals surface area contributed by atoms with E-state index in [-0.39, 0.29) is 18.3 Å². The molecule has 0 unspecified atom stereocenters. The number of esters is 1. The van der Waals surface area contributed by atoms with Crippen molar-refractivity contribution < 1.29 is 9.53 Å². The van der Waals surface area contributed by atoms with Gasteiger partial charge in [-0.3, -0.25) is 4.57 Å². The Morgan fingerprint density at radius 3 is 2.50 bits per heavy atom. The first kappa shape index (κ1) is 15.8. The summed E-state index contributed by atoms with van der Waals surface area (Å²) in [5.74, 6) is -0.387. The Hall–Kier alpha value is -3.08. The maximum Gasteiger partial charge on any atom is 0.338 e. The van der Waals surface area contributed by atoms with Crippen LogP contribution in [0.5, 0.6) is 0 Å². The molecule has 24 heavy (non-hydrogen) atoms. The van der Waals surface area contributed by atoms with Crippen LogP contribution in [0, 0.1) is 6.92 Å². The summed E-state index contributed by atoms with van der Waals surface area (Å²) >= 11 is 0. The fourth-order valence-electron chi connectivity index (χ4n) is 2.37. The molecular formula is C19H18N2O3. The number of rotatable bonds is 5. The molecule has 5 nitrogen and oxygen atoms in total. The molecule has 1 N–H and O–H groups in total. The van der Waals surface area contributed by atoms with Gasteiger partial charge in [0.25, 0.3) is 0 Å². The standard InChI is InChI=1S/C19H18N2O3/c1-14-7-9-16(10-8-14)18(22)24-12-11-21-13-17(20-19(21)23)15-5-3-2-4-6-15/h2-10,13H,11-12H2,1H3,(H,20,23). The highest BCUT2D eigenvalue weighted by Gasteiger charge is 2.08. The lowest BCUT2D eigenvalue weighted by Gasteiger charge is -2.05. The van der Waals surface area contributed by atoms with Gasteiger partial charge in [-0.15, -0.1) is 0 Å². The monoisotopic (exact) mass is 322 g/mol. The normalized spacial score (nSPS) is 10.5. The van der Waals surface area contributed by atoms with Crippen LogP contribution < -0.4 is 5.69 Å². The number of hydrogen-bond acceptors (Lipinski definition) is 3. The second-order valence-electron chi connectivity index (χ2n) is 5.53. The maximum absolute atomic E-state index is 12.0. The second kappa shape index (κ2) is 7.00. The third kappa shape index (κ3) is 3.63. The topological polar surface area (TPSA) is 64.1 Å². The number of nitrogens with zero attached hydrogens (tertiary/aromatic N) is 1. The van der Waals surface area contributed by atoms with E-state index in [1.54, 1.807) is 18.3 Å². The number of benzene rings is 2. The summed E-state index contributed by atoms with van der Waals surface area (Å²) in [6, 6.07) is 16.8. The van der Waals surface area contributed by atoms with E-state index in [2.05, 4.69) is 4.98 Å². The summed E-state index contributed by atoms with van der Waals surface area (Å²) in [4.78, 5) is 26.7. The van der Waals surface area contributed by atoms with Crippen molar-refractivity contribution >= 4 is 5.97 Å². The number of carbonyl (C=O) groups excluding carboxylic acids is 1. The lowest BCUT2D eigenvalue weighted by atomic mass is 10.1. The Kier molecular flexibility index (Phi) is 4.61. The van der Waals surface area contributed by atoms with E-state index in [9.17, 15) is 9.59 Å². The van der Waals surface area contributed by atoms with E-state index in [1.165, 1.54) is 4.57 Å². The summed E-state index contributed by atoms with van der Waals surface area (Å²) in [6.07, 6.45) is 1.73. The van der Waals surface area contributed by atoms with Gasteiger partial charge in [0.15, 0.2) is 0 Å². The summed E-state index contributed by atoms with van der Waals surface area (Å²) in [5, 5.41) is 0. The minimum Gasteiger partial charge on any atom is -0.460 e. The molecule has 0 aliphatic carbocycles. The molecule has 0 saturated carbocycles. The molecule has 0 spiro atoms. The van der Waals surface area contributed by atoms with Gasteiger partial charge < -0.3 is 9.72 Å². The number of nitrogens with one attached hydrogen (secondary N) is 1. The van der Waals surface area contributed by atoms with Gasteiger partial charge in [0.1, 0.15) is 6.61 Å². The molecule has 0 amide bonds. The first-order chi connectivity index (χ1) is 11.6. The molecule has 3 rings (SSSR count). The summed E-state index contributed by atoms with van der Waals surface area (Å²) in [5.41, 5.74) is 3.04. The molecule has 0 fully saturated rings. The van der Waals surface area contributed by atoms with E-state index in [0.29, 0.717) is 12.1 Å². The van der Waals surface area contributed by atoms with Crippen LogP contribution in [0.1, 0.15) is 15.9 Å². The Morgan fingerprint density at radius 2 is 1.79 bits per heavy atom. The molecule has 122 valence electrons. The van der Waals surface area contributed by atoms with Crippen molar-refractivity contribution in [1.29, 1.82) is 0 Å². The van der Waals surface area contributed by atoms with Gasteiger partial charge in [0.05, 0.1) is 17.8 Å². The molecule has 0 radical (unpaired) electrons. The lowest BCUT2D eigenvalue weighted by molar-refractivity contribution is 0.0490. The largest absolute Gasteiger partial charge is 0.460 e. The predicted octanol–water partition coefficient (Wildman–Crippen LogP) is 3.01. The number of imidazole rings is 1. The van der Waals surface area contributed by atoms with Crippen LogP contribution in [0.2, 0.25) is 0 Å². The third-order valence-corrected chi connectivity index (χ3v) is 3.72. The number of aryl methyl sites for hydroxylation is 1. The third-order valence-electron chi connectivity index (χ3n) is 3.72. The van der Waals surface area contributed by atoms with E-state index in [1.807, 2.05) is 49.4 Å². The predicted molar refractivity (Wildman–Crippen MR) is 92.0 cm³/mol. The number of H-pyrrole nitrogens is 1. The van der Waals surface area contributed by atoms with E-state index < -0.39 is 0 Å². The van der Waals surface area contributed by atoms with Crippen LogP contribution in [0.25, 0.3) is 11.3 Å². The van der Waals surface area contributed by atoms with Gasteiger partial charge in [-0.2, -0.15) is 0 Å². The van der Waals surface area contributed by atoms with Crippen molar-refractivity contribution in [2.45, 2.75) is 13.5 Å². The fourth-order valence-corrected chi connectivity index (χ4v) is 2.37. The molecule has 1 heterocycles. The molecule has 5 heteroatoms. The summed E-state index contributed by atoms with van der Waals surface area (Å²) in [7, 11) is 0. The van der Waals surface area contributed by atoms with Gasteiger partial charge in [0.2, 0.25) is 0 Å². The quantitative estimate of drug-likeness (QED) is 0.734. The van der Waals surface area contributed by atoms with Gasteiger partial charge in [-0.1, -0.05) is 48.0 Å². The highest BCUT2D eigenvalue weighted by molar-refractivity contribution is 5.89. The maximum atomic E-state index is 12.0. The van der Waals surface area contributed by atoms with Crippen molar-refractivity contribution in [1.82, 2.24) is 9.55 Å². The van der Waals surface area contributed by atoms with Gasteiger partial charge >= 0.3 is 11.7 Å². The average Bonchev–Trinajstić information content (AvgIpc) is 2.97. The Morgan fingerprint density at radius 1 is 1.08 bits per heavy atom. The zero-order chi connectivity index (χ0) is 16.9. The first-order valence-corrected chi connectivity index (χ1v) is 7.72. The van der Waals surface area contributed by atoms with Crippen LogP contribution in [0.15, 0.2) is 65.6 Å². The van der Waals surface area contributed by atoms with Gasteiger partial charge in [0, 0.05) is 6.20 Å². The molecule has 0 aliphatic heterocycles. The van der Waals surface area contributed by atoms with Crippen molar-refractivity contribution in [2.75, 3.05) is 6.61 Å². The molecular weight excluding hydrogens is 304 g/mol. The van der Waals surface area contributed by atoms with E-state index in [0.717, 1.165) is 16.8 Å². The van der Waals surface area contributed by atoms with Gasteiger partial charge in [-0.25, -0.2) is 9.59 Å². The number of aromatic amines is 1. The molecule has 0 bridgehead atoms. The Balaban J connectivity index is 1.61. The SMILES string of the molecule is Cc1ccc(C(=O)OCCn2cc(-c3ccccc3)[nH]c2=O)cc1. The van der Waals surface area contributed by atoms with E-state index in [4.69, 9.17) is 4.74 Å². The molecule has 0 aliphatic rings. The zero-order valence-electron chi connectivity index (χ0n) is 13.4. The van der Waals surface area contributed by atoms with Crippen LogP contribution in [0.3, 0.4) is 0 Å². The van der Waals surface area contributed by atoms with E-state index >= 15 is 0 Å². The van der Waals surface area contributed by atoms with Crippen molar-refractivity contribution in [3.63, 3.8) is 0 Å². The number of ether oxygens (including phenoxy) is 1. The highest BCUT2D eigenvalue weighted by atomic mass is 16.5. The lowest BCUT2D eigenvalue weighted by Crippen LogP contribution is -2.20. The number of hydrogen-bond donors (Lipinski definition) is 1. The Bertz CT molecular complexity index is 877. The zero-order valence-corrected chi connectivity index (χ0v) is 13.4. The summed E-state index contributed by atoms with van der Waals surface area (Å²) in [6.45, 7) is 2.40. The fraction of sp³-hybridized carbons (Fsp3) is 0.158. The summed E-state index contributed by atoms with van der Waals surface area (Å²) < 4.78 is 6.73.